The molecule has 0 radical (unpaired) electrons. The molecule has 0 heterocycles. The zero-order valence-corrected chi connectivity index (χ0v) is 11.9. The summed E-state index contributed by atoms with van der Waals surface area (Å²) >= 11 is 0. The lowest BCUT2D eigenvalue weighted by Gasteiger charge is -2.24. The van der Waals surface area contributed by atoms with Gasteiger partial charge >= 0.3 is 0 Å². The highest BCUT2D eigenvalue weighted by molar-refractivity contribution is 5.31. The largest absolute Gasteiger partial charge is 0.307 e. The van der Waals surface area contributed by atoms with Gasteiger partial charge in [-0.2, -0.15) is 0 Å². The molecule has 1 aromatic carbocycles. The molecule has 0 bridgehead atoms. The van der Waals surface area contributed by atoms with Gasteiger partial charge in [0.15, 0.2) is 0 Å². The van der Waals surface area contributed by atoms with Crippen molar-refractivity contribution in [3.05, 3.63) is 35.4 Å². The van der Waals surface area contributed by atoms with Crippen LogP contribution in [0.4, 0.5) is 0 Å². The molecule has 0 amide bonds. The van der Waals surface area contributed by atoms with E-state index in [1.165, 1.54) is 44.9 Å². The molecule has 0 saturated heterocycles. The maximum Gasteiger partial charge on any atom is 0.0325 e. The Morgan fingerprint density at radius 2 is 2.11 bits per heavy atom. The van der Waals surface area contributed by atoms with Gasteiger partial charge in [0, 0.05) is 12.1 Å². The maximum atomic E-state index is 3.85. The highest BCUT2D eigenvalue weighted by Gasteiger charge is 2.19. The number of aryl methyl sites for hydroxylation is 1. The molecule has 1 aliphatic carbocycles. The summed E-state index contributed by atoms with van der Waals surface area (Å²) in [5, 5.41) is 3.85. The van der Waals surface area contributed by atoms with Gasteiger partial charge in [-0.3, -0.25) is 0 Å². The average Bonchev–Trinajstić information content (AvgIpc) is 2.59. The normalized spacial score (nSPS) is 21.1. The molecule has 0 spiro atoms. The molecule has 1 nitrogen and oxygen atoms in total. The van der Waals surface area contributed by atoms with Crippen molar-refractivity contribution in [2.75, 3.05) is 0 Å². The Hall–Kier alpha value is -0.820. The lowest BCUT2D eigenvalue weighted by atomic mass is 9.98. The summed E-state index contributed by atoms with van der Waals surface area (Å²) in [5.74, 6) is 0. The van der Waals surface area contributed by atoms with Crippen molar-refractivity contribution in [1.82, 2.24) is 5.32 Å². The molecule has 18 heavy (non-hydrogen) atoms. The van der Waals surface area contributed by atoms with Gasteiger partial charge in [-0.15, -0.1) is 0 Å². The molecule has 0 saturated carbocycles. The van der Waals surface area contributed by atoms with Gasteiger partial charge in [0.25, 0.3) is 0 Å². The Kier molecular flexibility index (Phi) is 5.25. The number of benzene rings is 1. The molecule has 1 aliphatic rings. The fraction of sp³-hybridized carbons (Fsp3) is 0.647. The lowest BCUT2D eigenvalue weighted by molar-refractivity contribution is 0.405. The fourth-order valence-corrected chi connectivity index (χ4v) is 3.03. The van der Waals surface area contributed by atoms with E-state index in [0.29, 0.717) is 12.1 Å². The monoisotopic (exact) mass is 245 g/mol. The smallest absolute Gasteiger partial charge is 0.0325 e. The zero-order chi connectivity index (χ0) is 12.8. The van der Waals surface area contributed by atoms with E-state index < -0.39 is 0 Å². The Bertz CT molecular complexity index is 358. The molecule has 1 heteroatoms. The molecular weight excluding hydrogens is 218 g/mol. The van der Waals surface area contributed by atoms with Crippen LogP contribution in [0, 0.1) is 0 Å². The minimum atomic E-state index is 0.579. The maximum absolute atomic E-state index is 3.85. The second kappa shape index (κ2) is 6.94. The predicted octanol–water partition coefficient (Wildman–Crippen LogP) is 4.62. The fourth-order valence-electron chi connectivity index (χ4n) is 3.03. The van der Waals surface area contributed by atoms with Crippen LogP contribution in [0.25, 0.3) is 0 Å². The van der Waals surface area contributed by atoms with E-state index in [1.54, 1.807) is 11.1 Å². The van der Waals surface area contributed by atoms with Crippen LogP contribution >= 0.6 is 0 Å². The van der Waals surface area contributed by atoms with Gasteiger partial charge in [-0.25, -0.2) is 0 Å². The van der Waals surface area contributed by atoms with E-state index >= 15 is 0 Å². The lowest BCUT2D eigenvalue weighted by Crippen LogP contribution is -2.30. The van der Waals surface area contributed by atoms with Crippen molar-refractivity contribution in [3.8, 4) is 0 Å². The SMILES string of the molecule is CCCCC(C)NC1CCCCc2ccccc21. The van der Waals surface area contributed by atoms with E-state index in [9.17, 15) is 0 Å². The van der Waals surface area contributed by atoms with Crippen LogP contribution in [0.1, 0.15) is 69.5 Å². The zero-order valence-electron chi connectivity index (χ0n) is 11.9. The van der Waals surface area contributed by atoms with Crippen LogP contribution in [0.3, 0.4) is 0 Å². The van der Waals surface area contributed by atoms with Crippen molar-refractivity contribution in [2.45, 2.75) is 70.9 Å². The number of hydrogen-bond acceptors (Lipinski definition) is 1. The van der Waals surface area contributed by atoms with Crippen molar-refractivity contribution < 1.29 is 0 Å². The van der Waals surface area contributed by atoms with E-state index in [1.807, 2.05) is 0 Å². The van der Waals surface area contributed by atoms with Gasteiger partial charge in [0.2, 0.25) is 0 Å². The molecule has 0 aromatic heterocycles. The quantitative estimate of drug-likeness (QED) is 0.746. The van der Waals surface area contributed by atoms with Crippen LogP contribution in [0.15, 0.2) is 24.3 Å². The van der Waals surface area contributed by atoms with Crippen LogP contribution in [-0.2, 0) is 6.42 Å². The second-order valence-corrected chi connectivity index (χ2v) is 5.71. The van der Waals surface area contributed by atoms with E-state index in [4.69, 9.17) is 0 Å². The molecule has 2 rings (SSSR count). The van der Waals surface area contributed by atoms with Crippen LogP contribution in [0.2, 0.25) is 0 Å². The number of hydrogen-bond donors (Lipinski definition) is 1. The molecule has 1 aromatic rings. The predicted molar refractivity (Wildman–Crippen MR) is 78.9 cm³/mol. The van der Waals surface area contributed by atoms with Gasteiger partial charge in [-0.05, 0) is 43.7 Å². The van der Waals surface area contributed by atoms with Gasteiger partial charge in [0.1, 0.15) is 0 Å². The summed E-state index contributed by atoms with van der Waals surface area (Å²) in [6.07, 6.45) is 9.20. The summed E-state index contributed by atoms with van der Waals surface area (Å²) in [7, 11) is 0. The van der Waals surface area contributed by atoms with Gasteiger partial charge < -0.3 is 5.32 Å². The summed E-state index contributed by atoms with van der Waals surface area (Å²) in [5.41, 5.74) is 3.12. The van der Waals surface area contributed by atoms with Crippen molar-refractivity contribution in [2.24, 2.45) is 0 Å². The molecular formula is C17H27N. The van der Waals surface area contributed by atoms with Gasteiger partial charge in [-0.1, -0.05) is 50.5 Å². The highest BCUT2D eigenvalue weighted by atomic mass is 14.9. The third-order valence-corrected chi connectivity index (χ3v) is 4.10. The summed E-state index contributed by atoms with van der Waals surface area (Å²) in [6.45, 7) is 4.61. The molecule has 1 N–H and O–H groups in total. The minimum absolute atomic E-state index is 0.579. The van der Waals surface area contributed by atoms with Crippen LogP contribution in [-0.4, -0.2) is 6.04 Å². The van der Waals surface area contributed by atoms with E-state index in [2.05, 4.69) is 43.4 Å². The summed E-state index contributed by atoms with van der Waals surface area (Å²) < 4.78 is 0. The van der Waals surface area contributed by atoms with E-state index in [0.717, 1.165) is 0 Å². The average molecular weight is 245 g/mol. The first kappa shape index (κ1) is 13.6. The van der Waals surface area contributed by atoms with Crippen LogP contribution in [0.5, 0.6) is 0 Å². The van der Waals surface area contributed by atoms with E-state index in [-0.39, 0.29) is 0 Å². The van der Waals surface area contributed by atoms with Crippen molar-refractivity contribution in [3.63, 3.8) is 0 Å². The first-order valence-corrected chi connectivity index (χ1v) is 7.65. The number of nitrogens with one attached hydrogen (secondary N) is 1. The van der Waals surface area contributed by atoms with Crippen molar-refractivity contribution in [1.29, 1.82) is 0 Å². The third kappa shape index (κ3) is 3.58. The summed E-state index contributed by atoms with van der Waals surface area (Å²) in [4.78, 5) is 0. The Balaban J connectivity index is 2.03. The number of unbranched alkanes of at least 4 members (excludes halogenated alkanes) is 1. The molecule has 0 aliphatic heterocycles. The Morgan fingerprint density at radius 1 is 1.28 bits per heavy atom. The second-order valence-electron chi connectivity index (χ2n) is 5.71. The highest BCUT2D eigenvalue weighted by Crippen LogP contribution is 2.29. The minimum Gasteiger partial charge on any atom is -0.307 e. The first-order chi connectivity index (χ1) is 8.81. The number of rotatable bonds is 5. The van der Waals surface area contributed by atoms with Crippen LogP contribution < -0.4 is 5.32 Å². The Morgan fingerprint density at radius 3 is 2.94 bits per heavy atom. The Labute approximate surface area is 112 Å². The standard InChI is InChI=1S/C17H27N/c1-3-4-9-14(2)18-17-13-8-6-11-15-10-5-7-12-16(15)17/h5,7,10,12,14,17-18H,3-4,6,8-9,11,13H2,1-2H3. The molecule has 0 fully saturated rings. The molecule has 100 valence electrons. The van der Waals surface area contributed by atoms with Crippen molar-refractivity contribution >= 4 is 0 Å². The first-order valence-electron chi connectivity index (χ1n) is 7.65. The summed E-state index contributed by atoms with van der Waals surface area (Å²) in [6, 6.07) is 10.2. The number of fused-ring (bicyclic) bond motifs is 1. The van der Waals surface area contributed by atoms with Gasteiger partial charge in [0.05, 0.1) is 0 Å². The molecule has 2 unspecified atom stereocenters. The topological polar surface area (TPSA) is 12.0 Å². The third-order valence-electron chi connectivity index (χ3n) is 4.10. The molecule has 2 atom stereocenters.